The van der Waals surface area contributed by atoms with Gasteiger partial charge in [-0.05, 0) is 45.8 Å². The Hall–Kier alpha value is -2.90. The number of pyridine rings is 1. The minimum absolute atomic E-state index is 0.0327. The summed E-state index contributed by atoms with van der Waals surface area (Å²) in [4.78, 5) is 29.9. The first-order chi connectivity index (χ1) is 12.6. The van der Waals surface area contributed by atoms with E-state index in [2.05, 4.69) is 16.9 Å². The third kappa shape index (κ3) is 5.29. The van der Waals surface area contributed by atoms with Crippen molar-refractivity contribution in [3.05, 3.63) is 30.5 Å². The largest absolute Gasteiger partial charge is 0.455 e. The van der Waals surface area contributed by atoms with Gasteiger partial charge in [-0.25, -0.2) is 9.78 Å². The molecule has 0 saturated carbocycles. The molecule has 0 bridgehead atoms. The van der Waals surface area contributed by atoms with Crippen LogP contribution in [0.2, 0.25) is 0 Å². The molecule has 1 unspecified atom stereocenters. The Balaban J connectivity index is 2.22. The van der Waals surface area contributed by atoms with Crippen LogP contribution in [0.3, 0.4) is 0 Å². The maximum atomic E-state index is 12.3. The number of ether oxygens (including phenoxy) is 1. The molecular weight excluding hydrogens is 346 g/mol. The quantitative estimate of drug-likeness (QED) is 0.412. The molecule has 4 N–H and O–H groups in total. The maximum Gasteiger partial charge on any atom is 0.357 e. The minimum atomic E-state index is -0.766. The second kappa shape index (κ2) is 8.20. The highest BCUT2D eigenvalue weighted by Crippen LogP contribution is 2.25. The molecule has 1 saturated heterocycles. The molecule has 0 aliphatic carbocycles. The van der Waals surface area contributed by atoms with Crippen LogP contribution in [0.25, 0.3) is 0 Å². The van der Waals surface area contributed by atoms with Crippen molar-refractivity contribution in [1.82, 2.24) is 9.88 Å². The zero-order chi connectivity index (χ0) is 20.2. The van der Waals surface area contributed by atoms with Crippen LogP contribution in [-0.2, 0) is 14.3 Å². The molecule has 0 aromatic carbocycles. The number of hydrogen-bond acceptors (Lipinski definition) is 7. The summed E-state index contributed by atoms with van der Waals surface area (Å²) in [5.41, 5.74) is 5.61. The number of nitrogens with one attached hydrogen (secondary N) is 2. The molecule has 1 aromatic rings. The Labute approximate surface area is 159 Å². The fourth-order valence-electron chi connectivity index (χ4n) is 2.94. The fourth-order valence-corrected chi connectivity index (χ4v) is 2.94. The van der Waals surface area contributed by atoms with Crippen LogP contribution in [0.1, 0.15) is 39.2 Å². The number of nitrogen functional groups attached to an aromatic ring is 1. The van der Waals surface area contributed by atoms with Gasteiger partial charge in [0.15, 0.2) is 5.71 Å². The molecule has 0 spiro atoms. The van der Waals surface area contributed by atoms with E-state index < -0.39 is 11.6 Å². The van der Waals surface area contributed by atoms with E-state index in [0.717, 1.165) is 12.8 Å². The summed E-state index contributed by atoms with van der Waals surface area (Å²) in [6, 6.07) is 1.63. The Morgan fingerprint density at radius 2 is 2.19 bits per heavy atom. The fraction of sp³-hybridized carbons (Fsp3) is 0.474. The summed E-state index contributed by atoms with van der Waals surface area (Å²) < 4.78 is 5.28. The van der Waals surface area contributed by atoms with Crippen molar-refractivity contribution in [2.75, 3.05) is 24.1 Å². The number of aromatic nitrogens is 1. The van der Waals surface area contributed by atoms with E-state index in [-0.39, 0.29) is 29.0 Å². The highest BCUT2D eigenvalue weighted by atomic mass is 16.6. The number of esters is 1. The van der Waals surface area contributed by atoms with Crippen LogP contribution in [0.15, 0.2) is 24.9 Å². The Bertz CT molecular complexity index is 754. The van der Waals surface area contributed by atoms with Gasteiger partial charge in [-0.1, -0.05) is 6.58 Å². The van der Waals surface area contributed by atoms with E-state index in [1.807, 2.05) is 0 Å². The summed E-state index contributed by atoms with van der Waals surface area (Å²) in [5, 5.41) is 11.5. The van der Waals surface area contributed by atoms with E-state index in [9.17, 15) is 9.59 Å². The molecule has 8 nitrogen and oxygen atoms in total. The lowest BCUT2D eigenvalue weighted by molar-refractivity contribution is -0.146. The van der Waals surface area contributed by atoms with E-state index in [1.54, 1.807) is 31.7 Å². The summed E-state index contributed by atoms with van der Waals surface area (Å²) in [5.74, 6) is -0.805. The highest BCUT2D eigenvalue weighted by Gasteiger charge is 2.27. The van der Waals surface area contributed by atoms with Crippen LogP contribution in [0.4, 0.5) is 11.5 Å². The maximum absolute atomic E-state index is 12.3. The second-order valence-corrected chi connectivity index (χ2v) is 7.47. The number of carbonyl (C=O) groups is 2. The van der Waals surface area contributed by atoms with Gasteiger partial charge >= 0.3 is 5.97 Å². The van der Waals surface area contributed by atoms with Crippen LogP contribution >= 0.6 is 0 Å². The first-order valence-electron chi connectivity index (χ1n) is 8.87. The van der Waals surface area contributed by atoms with Gasteiger partial charge < -0.3 is 20.7 Å². The van der Waals surface area contributed by atoms with E-state index in [0.29, 0.717) is 18.8 Å². The number of hydrogen-bond donors (Lipinski definition) is 3. The van der Waals surface area contributed by atoms with Crippen LogP contribution < -0.4 is 11.1 Å². The third-order valence-electron chi connectivity index (χ3n) is 4.10. The molecule has 1 amide bonds. The summed E-state index contributed by atoms with van der Waals surface area (Å²) in [6.07, 6.45) is 4.51. The van der Waals surface area contributed by atoms with Gasteiger partial charge in [-0.3, -0.25) is 10.2 Å². The van der Waals surface area contributed by atoms with Gasteiger partial charge in [-0.2, -0.15) is 0 Å². The molecule has 1 aromatic heterocycles. The van der Waals surface area contributed by atoms with Crippen molar-refractivity contribution < 1.29 is 14.3 Å². The first kappa shape index (κ1) is 20.4. The normalized spacial score (nSPS) is 17.1. The third-order valence-corrected chi connectivity index (χ3v) is 4.10. The monoisotopic (exact) mass is 373 g/mol. The lowest BCUT2D eigenvalue weighted by Gasteiger charge is -2.33. The number of likely N-dealkylation sites (tertiary alicyclic amines) is 1. The second-order valence-electron chi connectivity index (χ2n) is 7.47. The SMILES string of the molecule is C=CC(=O)N1CCCC(Nc2ccnc(N)c2C(=N)C(=O)OC(C)(C)C)C1. The Kier molecular flexibility index (Phi) is 6.20. The minimum Gasteiger partial charge on any atom is -0.455 e. The van der Waals surface area contributed by atoms with Crippen molar-refractivity contribution >= 4 is 29.1 Å². The summed E-state index contributed by atoms with van der Waals surface area (Å²) in [7, 11) is 0. The van der Waals surface area contributed by atoms with Crippen LogP contribution in [-0.4, -0.2) is 52.2 Å². The number of nitrogens with two attached hydrogens (primary N) is 1. The molecule has 0 radical (unpaired) electrons. The van der Waals surface area contributed by atoms with Crippen molar-refractivity contribution in [2.24, 2.45) is 0 Å². The van der Waals surface area contributed by atoms with Gasteiger partial charge in [0.1, 0.15) is 11.4 Å². The number of rotatable bonds is 5. The van der Waals surface area contributed by atoms with Gasteiger partial charge in [-0.15, -0.1) is 0 Å². The van der Waals surface area contributed by atoms with E-state index in [1.165, 1.54) is 12.3 Å². The average Bonchev–Trinajstić information content (AvgIpc) is 2.59. The number of anilines is 2. The molecule has 1 fully saturated rings. The smallest absolute Gasteiger partial charge is 0.357 e. The molecular formula is C19H27N5O3. The van der Waals surface area contributed by atoms with Gasteiger partial charge in [0.25, 0.3) is 0 Å². The number of piperidine rings is 1. The van der Waals surface area contributed by atoms with E-state index in [4.69, 9.17) is 15.9 Å². The van der Waals surface area contributed by atoms with Crippen LogP contribution in [0, 0.1) is 5.41 Å². The topological polar surface area (TPSA) is 121 Å². The molecule has 146 valence electrons. The summed E-state index contributed by atoms with van der Waals surface area (Å²) >= 11 is 0. The average molecular weight is 373 g/mol. The van der Waals surface area contributed by atoms with Crippen LogP contribution in [0.5, 0.6) is 0 Å². The molecule has 1 atom stereocenters. The molecule has 8 heteroatoms. The molecule has 1 aliphatic rings. The predicted molar refractivity (Wildman–Crippen MR) is 105 cm³/mol. The zero-order valence-electron chi connectivity index (χ0n) is 16.0. The van der Waals surface area contributed by atoms with Crippen molar-refractivity contribution in [2.45, 2.75) is 45.3 Å². The Morgan fingerprint density at radius 3 is 2.81 bits per heavy atom. The number of nitrogens with zero attached hydrogens (tertiary/aromatic N) is 2. The number of carbonyl (C=O) groups excluding carboxylic acids is 2. The first-order valence-corrected chi connectivity index (χ1v) is 8.87. The van der Waals surface area contributed by atoms with Crippen molar-refractivity contribution in [3.63, 3.8) is 0 Å². The van der Waals surface area contributed by atoms with Gasteiger partial charge in [0.05, 0.1) is 5.56 Å². The standard InChI is InChI=1S/C19H27N5O3/c1-5-14(25)24-10-6-7-12(11-24)23-13-8-9-22-17(21)15(13)16(20)18(26)27-19(2,3)4/h5,8-9,12,20H,1,6-7,10-11H2,2-4H3,(H3,21,22,23). The Morgan fingerprint density at radius 1 is 1.48 bits per heavy atom. The molecule has 2 heterocycles. The zero-order valence-corrected chi connectivity index (χ0v) is 16.0. The van der Waals surface area contributed by atoms with Crippen molar-refractivity contribution in [3.8, 4) is 0 Å². The highest BCUT2D eigenvalue weighted by molar-refractivity contribution is 6.44. The van der Waals surface area contributed by atoms with E-state index >= 15 is 0 Å². The van der Waals surface area contributed by atoms with Crippen molar-refractivity contribution in [1.29, 1.82) is 5.41 Å². The summed E-state index contributed by atoms with van der Waals surface area (Å²) in [6.45, 7) is 9.92. The molecule has 27 heavy (non-hydrogen) atoms. The number of amides is 1. The lowest BCUT2D eigenvalue weighted by atomic mass is 10.0. The molecule has 2 rings (SSSR count). The van der Waals surface area contributed by atoms with Gasteiger partial charge in [0.2, 0.25) is 5.91 Å². The van der Waals surface area contributed by atoms with Gasteiger partial charge in [0, 0.05) is 31.0 Å². The lowest BCUT2D eigenvalue weighted by Crippen LogP contribution is -2.44. The molecule has 1 aliphatic heterocycles. The predicted octanol–water partition coefficient (Wildman–Crippen LogP) is 1.96.